The zero-order chi connectivity index (χ0) is 12.7. The number of amides is 1. The number of carbonyl (C=O) groups is 1. The van der Waals surface area contributed by atoms with Crippen LogP contribution in [0.15, 0.2) is 0 Å². The second-order valence-electron chi connectivity index (χ2n) is 4.82. The number of hydrogen-bond donors (Lipinski definition) is 2. The molecule has 1 aliphatic carbocycles. The van der Waals surface area contributed by atoms with Gasteiger partial charge < -0.3 is 11.1 Å². The molecule has 1 fully saturated rings. The lowest BCUT2D eigenvalue weighted by molar-refractivity contribution is -0.125. The molecule has 4 heteroatoms. The normalized spacial score (nSPS) is 25.8. The van der Waals surface area contributed by atoms with Crippen LogP contribution in [0.1, 0.15) is 46.0 Å². The van der Waals surface area contributed by atoms with E-state index in [-0.39, 0.29) is 11.8 Å². The molecule has 3 N–H and O–H groups in total. The maximum absolute atomic E-state index is 12.0. The van der Waals surface area contributed by atoms with Crippen molar-refractivity contribution >= 4 is 17.7 Å². The first-order valence-electron chi connectivity index (χ1n) is 6.83. The average molecular weight is 258 g/mol. The number of thioether (sulfide) groups is 1. The Morgan fingerprint density at radius 1 is 1.47 bits per heavy atom. The molecule has 0 aromatic heterocycles. The van der Waals surface area contributed by atoms with Gasteiger partial charge in [0.15, 0.2) is 0 Å². The molecule has 0 saturated heterocycles. The Labute approximate surface area is 109 Å². The minimum atomic E-state index is 0.0119. The highest BCUT2D eigenvalue weighted by atomic mass is 32.2. The van der Waals surface area contributed by atoms with Gasteiger partial charge in [-0.25, -0.2) is 0 Å². The number of nitrogens with two attached hydrogens (primary N) is 1. The Morgan fingerprint density at radius 2 is 2.24 bits per heavy atom. The molecule has 3 unspecified atom stereocenters. The van der Waals surface area contributed by atoms with Gasteiger partial charge in [-0.2, -0.15) is 11.8 Å². The van der Waals surface area contributed by atoms with E-state index in [0.717, 1.165) is 30.9 Å². The summed E-state index contributed by atoms with van der Waals surface area (Å²) in [5.74, 6) is 1.35. The average Bonchev–Trinajstić information content (AvgIpc) is 2.73. The van der Waals surface area contributed by atoms with Crippen molar-refractivity contribution in [2.75, 3.05) is 12.3 Å². The van der Waals surface area contributed by atoms with Crippen LogP contribution < -0.4 is 11.1 Å². The van der Waals surface area contributed by atoms with Crippen LogP contribution in [0.5, 0.6) is 0 Å². The highest BCUT2D eigenvalue weighted by molar-refractivity contribution is 7.99. The fourth-order valence-electron chi connectivity index (χ4n) is 2.48. The summed E-state index contributed by atoms with van der Waals surface area (Å²) >= 11 is 2.02. The van der Waals surface area contributed by atoms with Crippen molar-refractivity contribution in [2.45, 2.75) is 57.2 Å². The molecule has 0 bridgehead atoms. The number of hydrogen-bond acceptors (Lipinski definition) is 3. The van der Waals surface area contributed by atoms with Gasteiger partial charge in [-0.1, -0.05) is 20.3 Å². The SMILES string of the molecule is CCCC(CN)C(=O)NC1CCC(SCC)C1. The lowest BCUT2D eigenvalue weighted by Gasteiger charge is -2.18. The van der Waals surface area contributed by atoms with Gasteiger partial charge in [0.2, 0.25) is 5.91 Å². The molecule has 0 radical (unpaired) electrons. The van der Waals surface area contributed by atoms with Crippen molar-refractivity contribution in [3.63, 3.8) is 0 Å². The van der Waals surface area contributed by atoms with E-state index >= 15 is 0 Å². The van der Waals surface area contributed by atoms with Crippen LogP contribution in [0.4, 0.5) is 0 Å². The highest BCUT2D eigenvalue weighted by Crippen LogP contribution is 2.29. The van der Waals surface area contributed by atoms with Crippen molar-refractivity contribution in [3.05, 3.63) is 0 Å². The Hall–Kier alpha value is -0.220. The summed E-state index contributed by atoms with van der Waals surface area (Å²) in [4.78, 5) is 12.0. The Balaban J connectivity index is 2.31. The first kappa shape index (κ1) is 14.8. The molecule has 3 nitrogen and oxygen atoms in total. The van der Waals surface area contributed by atoms with Crippen LogP contribution in [0.25, 0.3) is 0 Å². The largest absolute Gasteiger partial charge is 0.353 e. The van der Waals surface area contributed by atoms with Crippen LogP contribution in [-0.4, -0.2) is 29.5 Å². The van der Waals surface area contributed by atoms with Gasteiger partial charge in [0.25, 0.3) is 0 Å². The number of nitrogens with one attached hydrogen (secondary N) is 1. The quantitative estimate of drug-likeness (QED) is 0.735. The van der Waals surface area contributed by atoms with E-state index in [1.165, 1.54) is 12.2 Å². The smallest absolute Gasteiger partial charge is 0.224 e. The van der Waals surface area contributed by atoms with Crippen molar-refractivity contribution in [1.82, 2.24) is 5.32 Å². The second-order valence-corrected chi connectivity index (χ2v) is 6.39. The summed E-state index contributed by atoms with van der Waals surface area (Å²) < 4.78 is 0. The molecule has 1 rings (SSSR count). The number of rotatable bonds is 7. The fourth-order valence-corrected chi connectivity index (χ4v) is 3.62. The molecule has 1 saturated carbocycles. The second kappa shape index (κ2) is 7.98. The summed E-state index contributed by atoms with van der Waals surface area (Å²) in [6.07, 6.45) is 5.43. The molecule has 17 heavy (non-hydrogen) atoms. The third kappa shape index (κ3) is 4.88. The van der Waals surface area contributed by atoms with Gasteiger partial charge in [-0.15, -0.1) is 0 Å². The van der Waals surface area contributed by atoms with Crippen LogP contribution in [0, 0.1) is 5.92 Å². The van der Waals surface area contributed by atoms with E-state index in [1.54, 1.807) is 0 Å². The highest BCUT2D eigenvalue weighted by Gasteiger charge is 2.27. The Morgan fingerprint density at radius 3 is 2.82 bits per heavy atom. The zero-order valence-electron chi connectivity index (χ0n) is 11.1. The molecule has 0 spiro atoms. The van der Waals surface area contributed by atoms with Crippen molar-refractivity contribution in [3.8, 4) is 0 Å². The maximum Gasteiger partial charge on any atom is 0.224 e. The predicted molar refractivity (Wildman–Crippen MR) is 75.2 cm³/mol. The summed E-state index contributed by atoms with van der Waals surface area (Å²) in [6.45, 7) is 4.77. The number of carbonyl (C=O) groups excluding carboxylic acids is 1. The van der Waals surface area contributed by atoms with E-state index in [4.69, 9.17) is 5.73 Å². The minimum Gasteiger partial charge on any atom is -0.353 e. The first-order chi connectivity index (χ1) is 8.21. The minimum absolute atomic E-state index is 0.0119. The summed E-state index contributed by atoms with van der Waals surface area (Å²) in [6, 6.07) is 0.387. The van der Waals surface area contributed by atoms with Crippen LogP contribution in [0.3, 0.4) is 0 Å². The maximum atomic E-state index is 12.0. The summed E-state index contributed by atoms with van der Waals surface area (Å²) in [5.41, 5.74) is 5.64. The molecular formula is C13H26N2OS. The molecule has 0 aromatic rings. The lowest BCUT2D eigenvalue weighted by Crippen LogP contribution is -2.40. The Bertz CT molecular complexity index is 235. The monoisotopic (exact) mass is 258 g/mol. The molecule has 0 aromatic carbocycles. The van der Waals surface area contributed by atoms with Gasteiger partial charge in [-0.05, 0) is 31.4 Å². The van der Waals surface area contributed by atoms with E-state index in [1.807, 2.05) is 11.8 Å². The molecule has 1 aliphatic rings. The van der Waals surface area contributed by atoms with E-state index < -0.39 is 0 Å². The van der Waals surface area contributed by atoms with Gasteiger partial charge >= 0.3 is 0 Å². The Kier molecular flexibility index (Phi) is 6.97. The molecule has 100 valence electrons. The van der Waals surface area contributed by atoms with Crippen molar-refractivity contribution < 1.29 is 4.79 Å². The van der Waals surface area contributed by atoms with Gasteiger partial charge in [0.1, 0.15) is 0 Å². The zero-order valence-corrected chi connectivity index (χ0v) is 11.9. The molecular weight excluding hydrogens is 232 g/mol. The van der Waals surface area contributed by atoms with E-state index in [0.29, 0.717) is 12.6 Å². The topological polar surface area (TPSA) is 55.1 Å². The third-order valence-electron chi connectivity index (χ3n) is 3.43. The standard InChI is InChI=1S/C13H26N2OS/c1-3-5-10(9-14)13(16)15-11-6-7-12(8-11)17-4-2/h10-12H,3-9,14H2,1-2H3,(H,15,16). The summed E-state index contributed by atoms with van der Waals surface area (Å²) in [7, 11) is 0. The third-order valence-corrected chi connectivity index (χ3v) is 4.66. The van der Waals surface area contributed by atoms with Crippen molar-refractivity contribution in [2.24, 2.45) is 11.7 Å². The molecule has 0 aliphatic heterocycles. The van der Waals surface area contributed by atoms with Crippen LogP contribution in [0.2, 0.25) is 0 Å². The van der Waals surface area contributed by atoms with Crippen molar-refractivity contribution in [1.29, 1.82) is 0 Å². The summed E-state index contributed by atoms with van der Waals surface area (Å²) in [5, 5.41) is 3.91. The molecule has 0 heterocycles. The van der Waals surface area contributed by atoms with E-state index in [9.17, 15) is 4.79 Å². The van der Waals surface area contributed by atoms with Gasteiger partial charge in [-0.3, -0.25) is 4.79 Å². The lowest BCUT2D eigenvalue weighted by atomic mass is 10.0. The van der Waals surface area contributed by atoms with E-state index in [2.05, 4.69) is 19.2 Å². The molecule has 3 atom stereocenters. The predicted octanol–water partition coefficient (Wildman–Crippen LogP) is 2.15. The van der Waals surface area contributed by atoms with Crippen LogP contribution >= 0.6 is 11.8 Å². The van der Waals surface area contributed by atoms with Gasteiger partial charge in [0.05, 0.1) is 5.92 Å². The first-order valence-corrected chi connectivity index (χ1v) is 7.88. The van der Waals surface area contributed by atoms with Crippen LogP contribution in [-0.2, 0) is 4.79 Å². The molecule has 1 amide bonds. The van der Waals surface area contributed by atoms with Gasteiger partial charge in [0, 0.05) is 17.8 Å². The fraction of sp³-hybridized carbons (Fsp3) is 0.923.